The van der Waals surface area contributed by atoms with Gasteiger partial charge in [-0.2, -0.15) is 0 Å². The molecule has 3 heterocycles. The van der Waals surface area contributed by atoms with Gasteiger partial charge in [0.1, 0.15) is 35.4 Å². The monoisotopic (exact) mass is 954 g/mol. The number of carbonyl (C=O) groups is 3. The Labute approximate surface area is 378 Å². The molecule has 6 rings (SSSR count). The quantitative estimate of drug-likeness (QED) is 0.0563. The molecule has 1 aliphatic carbocycles. The molecule has 1 saturated heterocycles. The first-order chi connectivity index (χ1) is 30.1. The van der Waals surface area contributed by atoms with Gasteiger partial charge in [0.15, 0.2) is 0 Å². The fraction of sp³-hybridized carbons (Fsp3) is 0.357. The van der Waals surface area contributed by atoms with Crippen molar-refractivity contribution in [2.75, 3.05) is 64.3 Å². The summed E-state index contributed by atoms with van der Waals surface area (Å²) in [6.07, 6.45) is 5.34. The molecule has 63 heavy (non-hydrogen) atoms. The highest BCUT2D eigenvalue weighted by Crippen LogP contribution is 2.54. The Kier molecular flexibility index (Phi) is 16.9. The second-order valence-electron chi connectivity index (χ2n) is 15.0. The number of hydrogen-bond acceptors (Lipinski definition) is 13. The molecule has 2 aromatic carbocycles. The molecule has 0 radical (unpaired) electrons. The molecule has 2 aliphatic heterocycles. The molecule has 3 aliphatic rings. The number of H-pyrrole nitrogens is 1. The fourth-order valence-electron chi connectivity index (χ4n) is 6.87. The summed E-state index contributed by atoms with van der Waals surface area (Å²) in [4.78, 5) is 68.5. The van der Waals surface area contributed by atoms with Crippen LogP contribution in [0.5, 0.6) is 5.75 Å². The number of amides is 2. The summed E-state index contributed by atoms with van der Waals surface area (Å²) >= 11 is 0. The van der Waals surface area contributed by atoms with Crippen LogP contribution in [-0.4, -0.2) is 110 Å². The molecule has 21 heteroatoms. The van der Waals surface area contributed by atoms with Crippen LogP contribution in [-0.2, 0) is 14.1 Å². The second kappa shape index (κ2) is 22.1. The van der Waals surface area contributed by atoms with E-state index in [0.717, 1.165) is 16.8 Å². The van der Waals surface area contributed by atoms with Gasteiger partial charge in [-0.05, 0) is 42.0 Å². The van der Waals surface area contributed by atoms with Gasteiger partial charge < -0.3 is 49.4 Å². The smallest absolute Gasteiger partial charge is 0.330 e. The van der Waals surface area contributed by atoms with E-state index in [1.165, 1.54) is 43.3 Å². The lowest BCUT2D eigenvalue weighted by Gasteiger charge is -2.30. The molecule has 16 nitrogen and oxygen atoms in total. The van der Waals surface area contributed by atoms with E-state index in [1.54, 1.807) is 12.1 Å². The second-order valence-corrected chi connectivity index (χ2v) is 23.6. The van der Waals surface area contributed by atoms with Crippen molar-refractivity contribution in [2.24, 2.45) is 0 Å². The number of ether oxygens (including phenoxy) is 2. The molecular formula is C42H49N6O10P3S2. The number of aromatic amines is 1. The van der Waals surface area contributed by atoms with Crippen molar-refractivity contribution < 1.29 is 43.5 Å². The van der Waals surface area contributed by atoms with Crippen molar-refractivity contribution in [3.63, 3.8) is 0 Å². The average molecular weight is 955 g/mol. The van der Waals surface area contributed by atoms with Gasteiger partial charge in [-0.25, -0.2) is 4.79 Å². The summed E-state index contributed by atoms with van der Waals surface area (Å²) in [5.41, 5.74) is 2.16. The first-order valence-corrected chi connectivity index (χ1v) is 26.8. The summed E-state index contributed by atoms with van der Waals surface area (Å²) < 4.78 is 18.9. The van der Waals surface area contributed by atoms with E-state index in [2.05, 4.69) is 51.4 Å². The summed E-state index contributed by atoms with van der Waals surface area (Å²) in [5.74, 6) is 5.55. The molecule has 6 unspecified atom stereocenters. The van der Waals surface area contributed by atoms with E-state index in [4.69, 9.17) is 14.0 Å². The predicted molar refractivity (Wildman–Crippen MR) is 252 cm³/mol. The van der Waals surface area contributed by atoms with Crippen LogP contribution in [0.1, 0.15) is 56.5 Å². The van der Waals surface area contributed by atoms with E-state index in [0.29, 0.717) is 40.7 Å². The van der Waals surface area contributed by atoms with Gasteiger partial charge in [-0.3, -0.25) is 23.9 Å². The number of aromatic nitrogens is 2. The van der Waals surface area contributed by atoms with Crippen LogP contribution in [0.4, 0.5) is 5.69 Å². The zero-order chi connectivity index (χ0) is 45.4. The molecule has 3 aromatic rings. The molecule has 0 spiro atoms. The van der Waals surface area contributed by atoms with Crippen molar-refractivity contribution in [1.29, 1.82) is 0 Å². The molecule has 5 N–H and O–H groups in total. The van der Waals surface area contributed by atoms with Crippen molar-refractivity contribution in [1.82, 2.24) is 20.2 Å². The molecule has 1 fully saturated rings. The number of hydrogen-bond donors (Lipinski definition) is 5. The molecule has 2 amide bonds. The van der Waals surface area contributed by atoms with Gasteiger partial charge in [0.05, 0.1) is 46.8 Å². The molecule has 0 bridgehead atoms. The Bertz CT molecular complexity index is 2510. The van der Waals surface area contributed by atoms with Gasteiger partial charge in [0.2, 0.25) is 5.91 Å². The minimum Gasteiger partial charge on any atom is -0.545 e. The predicted octanol–water partition coefficient (Wildman–Crippen LogP) is 1.44. The first-order valence-electron chi connectivity index (χ1n) is 19.8. The minimum atomic E-state index is -1.41. The summed E-state index contributed by atoms with van der Waals surface area (Å²) in [5, 5.41) is 28.5. The zero-order valence-corrected chi connectivity index (χ0v) is 39.8. The highest BCUT2D eigenvalue weighted by molar-refractivity contribution is 8.76. The standard InChI is InChI=1S/C42H49N6O10P3S2/c1-46(2)26-8-11-29-33(19-26)57-34-20-27(47(3)4)9-12-30(34)38(29)28-10-7-24(18-31(28)41(53)54)39(51)44-15-17-63-62-16-13-36(50)43-14-5-6-25-22-48(42(55)45-40(25)52)37-21-32(49)35(58-37)23-56-61(59)60/h7-12,18-20,22,26,32,35,37,49H,13-17,21,23,59-60H2,1-4H3,(H,43,50)(H,44,51)(H,53,54)(H,45,52,55). The van der Waals surface area contributed by atoms with E-state index in [9.17, 15) is 34.2 Å². The summed E-state index contributed by atoms with van der Waals surface area (Å²) in [6, 6.07) is 10.4. The molecule has 1 aromatic heterocycles. The third-order valence-corrected chi connectivity index (χ3v) is 13.9. The highest BCUT2D eigenvalue weighted by Gasteiger charge is 2.36. The number of aliphatic hydroxyl groups is 1. The SMILES string of the molecule is CN(C)c1ccc2c(c1)OC1=CC([NH+](C)C)C=CC1=C2c1ccc(C(=O)NCCSSCCC(=O)NCC#Cc2cn(C3CC(O)C(COP(P)P)O3)c(=O)[nH]c2=O)cc1C(=O)[O-]. The Morgan fingerprint density at radius 3 is 2.60 bits per heavy atom. The van der Waals surface area contributed by atoms with Crippen LogP contribution in [0.15, 0.2) is 81.7 Å². The van der Waals surface area contributed by atoms with Gasteiger partial charge in [0.25, 0.3) is 11.5 Å². The Morgan fingerprint density at radius 1 is 1.11 bits per heavy atom. The Hall–Kier alpha value is -4.26. The largest absolute Gasteiger partial charge is 0.545 e. The number of quaternary nitrogens is 1. The molecular weight excluding hydrogens is 906 g/mol. The first kappa shape index (κ1) is 48.2. The zero-order valence-electron chi connectivity index (χ0n) is 35.0. The number of rotatable bonds is 17. The number of likely N-dealkylation sites (N-methyl/N-ethyl adjacent to an activating group) is 1. The lowest BCUT2D eigenvalue weighted by molar-refractivity contribution is -0.871. The van der Waals surface area contributed by atoms with Crippen molar-refractivity contribution in [3.8, 4) is 17.6 Å². The number of carboxylic acid groups (broad SMARTS) is 1. The molecule has 334 valence electrons. The van der Waals surface area contributed by atoms with E-state index < -0.39 is 49.1 Å². The van der Waals surface area contributed by atoms with Crippen LogP contribution in [0, 0.1) is 11.8 Å². The number of fused-ring (bicyclic) bond motifs is 2. The van der Waals surface area contributed by atoms with Crippen molar-refractivity contribution in [3.05, 3.63) is 121 Å². The van der Waals surface area contributed by atoms with Crippen molar-refractivity contribution >= 4 is 76.0 Å². The maximum Gasteiger partial charge on any atom is 0.330 e. The van der Waals surface area contributed by atoms with Gasteiger partial charge in [0, 0.05) is 96.9 Å². The van der Waals surface area contributed by atoms with Gasteiger partial charge in [-0.15, -0.1) is 0 Å². The number of carboxylic acids is 1. The van der Waals surface area contributed by atoms with Crippen LogP contribution in [0.25, 0.3) is 5.57 Å². The maximum atomic E-state index is 13.2. The van der Waals surface area contributed by atoms with Crippen LogP contribution < -0.4 is 41.5 Å². The minimum absolute atomic E-state index is 0.000820. The number of aromatic carboxylic acids is 1. The summed E-state index contributed by atoms with van der Waals surface area (Å²) in [6.45, 7) is 0.415. The Morgan fingerprint density at radius 2 is 1.87 bits per heavy atom. The summed E-state index contributed by atoms with van der Waals surface area (Å²) in [7, 11) is 15.1. The lowest BCUT2D eigenvalue weighted by atomic mass is 9.84. The van der Waals surface area contributed by atoms with E-state index in [-0.39, 0.29) is 54.6 Å². The number of aliphatic hydroxyl groups excluding tert-OH is 1. The molecule has 0 saturated carbocycles. The van der Waals surface area contributed by atoms with Crippen molar-refractivity contribution in [2.45, 2.75) is 37.3 Å². The van der Waals surface area contributed by atoms with Gasteiger partial charge >= 0.3 is 5.69 Å². The van der Waals surface area contributed by atoms with E-state index >= 15 is 0 Å². The van der Waals surface area contributed by atoms with Gasteiger partial charge in [-0.1, -0.05) is 57.4 Å². The Balaban J connectivity index is 0.975. The fourth-order valence-corrected chi connectivity index (χ4v) is 9.60. The number of nitrogens with one attached hydrogen (secondary N) is 4. The number of nitrogens with zero attached hydrogens (tertiary/aromatic N) is 2. The third kappa shape index (κ3) is 12.3. The van der Waals surface area contributed by atoms with E-state index in [1.807, 2.05) is 63.4 Å². The number of benzene rings is 2. The third-order valence-electron chi connectivity index (χ3n) is 10.2. The van der Waals surface area contributed by atoms with Crippen LogP contribution >= 0.6 is 47.0 Å². The normalized spacial score (nSPS) is 18.8. The number of allylic oxidation sites excluding steroid dienone is 1. The topological polar surface area (TPSA) is 209 Å². The maximum absolute atomic E-state index is 13.2. The van der Waals surface area contributed by atoms with Crippen LogP contribution in [0.3, 0.4) is 0 Å². The molecule has 6 atom stereocenters. The average Bonchev–Trinajstić information content (AvgIpc) is 3.62. The van der Waals surface area contributed by atoms with Crippen LogP contribution in [0.2, 0.25) is 0 Å². The lowest BCUT2D eigenvalue weighted by Crippen LogP contribution is -3.09. The highest BCUT2D eigenvalue weighted by atomic mass is 33.1. The number of anilines is 1. The number of carbonyl (C=O) groups excluding carboxylic acids is 3.